The van der Waals surface area contributed by atoms with Crippen molar-refractivity contribution in [2.24, 2.45) is 0 Å². The zero-order valence-corrected chi connectivity index (χ0v) is 8.53. The molecule has 0 bridgehead atoms. The topological polar surface area (TPSA) is 49.7 Å². The Bertz CT molecular complexity index is 297. The van der Waals surface area contributed by atoms with Crippen molar-refractivity contribution < 1.29 is 14.9 Å². The van der Waals surface area contributed by atoms with Gasteiger partial charge >= 0.3 is 0 Å². The van der Waals surface area contributed by atoms with Gasteiger partial charge in [-0.1, -0.05) is 19.1 Å². The Morgan fingerprint density at radius 2 is 2.14 bits per heavy atom. The predicted molar refractivity (Wildman–Crippen MR) is 54.8 cm³/mol. The summed E-state index contributed by atoms with van der Waals surface area (Å²) in [7, 11) is 0. The standard InChI is InChI=1S/C11H16O3/c1-3-14-11-9(8(2)7-12)5-4-6-10(11)13/h4-6,8,12-13H,3,7H2,1-2H3. The van der Waals surface area contributed by atoms with E-state index in [9.17, 15) is 5.11 Å². The molecule has 0 aromatic heterocycles. The van der Waals surface area contributed by atoms with E-state index in [0.29, 0.717) is 12.4 Å². The van der Waals surface area contributed by atoms with Crippen molar-refractivity contribution in [1.82, 2.24) is 0 Å². The number of hydrogen-bond donors (Lipinski definition) is 2. The Kier molecular flexibility index (Phi) is 3.77. The highest BCUT2D eigenvalue weighted by Crippen LogP contribution is 2.34. The molecule has 1 unspecified atom stereocenters. The van der Waals surface area contributed by atoms with E-state index < -0.39 is 0 Å². The summed E-state index contributed by atoms with van der Waals surface area (Å²) < 4.78 is 5.33. The van der Waals surface area contributed by atoms with Gasteiger partial charge in [0.25, 0.3) is 0 Å². The van der Waals surface area contributed by atoms with Crippen molar-refractivity contribution in [3.05, 3.63) is 23.8 Å². The molecule has 0 aliphatic heterocycles. The van der Waals surface area contributed by atoms with E-state index >= 15 is 0 Å². The number of para-hydroxylation sites is 1. The Labute approximate surface area is 84.0 Å². The second-order valence-electron chi connectivity index (χ2n) is 3.21. The van der Waals surface area contributed by atoms with E-state index in [4.69, 9.17) is 9.84 Å². The average Bonchev–Trinajstić information content (AvgIpc) is 2.20. The van der Waals surface area contributed by atoms with Crippen LogP contribution in [0.2, 0.25) is 0 Å². The maximum atomic E-state index is 9.56. The summed E-state index contributed by atoms with van der Waals surface area (Å²) in [5, 5.41) is 18.6. The average molecular weight is 196 g/mol. The van der Waals surface area contributed by atoms with Crippen molar-refractivity contribution >= 4 is 0 Å². The Balaban J connectivity index is 3.07. The number of aliphatic hydroxyl groups excluding tert-OH is 1. The monoisotopic (exact) mass is 196 g/mol. The summed E-state index contributed by atoms with van der Waals surface area (Å²) in [6, 6.07) is 5.18. The van der Waals surface area contributed by atoms with Crippen molar-refractivity contribution in [2.75, 3.05) is 13.2 Å². The third kappa shape index (κ3) is 2.17. The second-order valence-corrected chi connectivity index (χ2v) is 3.21. The Hall–Kier alpha value is -1.22. The van der Waals surface area contributed by atoms with Crippen LogP contribution in [-0.4, -0.2) is 23.4 Å². The van der Waals surface area contributed by atoms with Gasteiger partial charge in [0, 0.05) is 18.1 Å². The molecule has 0 fully saturated rings. The third-order valence-corrected chi connectivity index (χ3v) is 2.12. The molecule has 0 radical (unpaired) electrons. The van der Waals surface area contributed by atoms with E-state index in [1.807, 2.05) is 19.9 Å². The highest BCUT2D eigenvalue weighted by Gasteiger charge is 2.13. The normalized spacial score (nSPS) is 12.5. The molecule has 1 rings (SSSR count). The smallest absolute Gasteiger partial charge is 0.164 e. The van der Waals surface area contributed by atoms with Gasteiger partial charge < -0.3 is 14.9 Å². The summed E-state index contributed by atoms with van der Waals surface area (Å²) in [4.78, 5) is 0. The van der Waals surface area contributed by atoms with Gasteiger partial charge in [0.15, 0.2) is 11.5 Å². The van der Waals surface area contributed by atoms with Crippen LogP contribution in [-0.2, 0) is 0 Å². The first-order valence-corrected chi connectivity index (χ1v) is 4.76. The molecule has 1 aromatic rings. The van der Waals surface area contributed by atoms with Crippen LogP contribution in [0.5, 0.6) is 11.5 Å². The van der Waals surface area contributed by atoms with Crippen LogP contribution in [0.25, 0.3) is 0 Å². The molecule has 1 atom stereocenters. The second kappa shape index (κ2) is 4.86. The molecule has 3 heteroatoms. The zero-order valence-electron chi connectivity index (χ0n) is 8.53. The quantitative estimate of drug-likeness (QED) is 0.773. The first kappa shape index (κ1) is 10.9. The molecule has 0 saturated carbocycles. The molecular formula is C11H16O3. The largest absolute Gasteiger partial charge is 0.504 e. The summed E-state index contributed by atoms with van der Waals surface area (Å²) in [6.45, 7) is 4.30. The van der Waals surface area contributed by atoms with Gasteiger partial charge in [0.1, 0.15) is 0 Å². The van der Waals surface area contributed by atoms with Crippen LogP contribution in [0.15, 0.2) is 18.2 Å². The van der Waals surface area contributed by atoms with E-state index in [-0.39, 0.29) is 18.3 Å². The Morgan fingerprint density at radius 1 is 1.43 bits per heavy atom. The first-order valence-electron chi connectivity index (χ1n) is 4.76. The third-order valence-electron chi connectivity index (χ3n) is 2.12. The maximum absolute atomic E-state index is 9.56. The Morgan fingerprint density at radius 3 is 2.71 bits per heavy atom. The fourth-order valence-electron chi connectivity index (χ4n) is 1.33. The fourth-order valence-corrected chi connectivity index (χ4v) is 1.33. The van der Waals surface area contributed by atoms with Crippen LogP contribution in [0, 0.1) is 0 Å². The fraction of sp³-hybridized carbons (Fsp3) is 0.455. The minimum atomic E-state index is -0.0244. The van der Waals surface area contributed by atoms with E-state index in [1.165, 1.54) is 0 Å². The zero-order chi connectivity index (χ0) is 10.6. The molecule has 1 aromatic carbocycles. The number of aliphatic hydroxyl groups is 1. The van der Waals surface area contributed by atoms with E-state index in [0.717, 1.165) is 5.56 Å². The number of rotatable bonds is 4. The number of phenols is 1. The molecule has 0 heterocycles. The molecule has 0 saturated heterocycles. The summed E-state index contributed by atoms with van der Waals surface area (Å²) in [5.41, 5.74) is 0.842. The van der Waals surface area contributed by atoms with Gasteiger partial charge in [0.05, 0.1) is 6.61 Å². The molecule has 2 N–H and O–H groups in total. The molecule has 3 nitrogen and oxygen atoms in total. The predicted octanol–water partition coefficient (Wildman–Crippen LogP) is 1.89. The van der Waals surface area contributed by atoms with Gasteiger partial charge in [-0.05, 0) is 13.0 Å². The van der Waals surface area contributed by atoms with Gasteiger partial charge in [-0.3, -0.25) is 0 Å². The van der Waals surface area contributed by atoms with Crippen molar-refractivity contribution in [2.45, 2.75) is 19.8 Å². The molecule has 0 amide bonds. The van der Waals surface area contributed by atoms with Crippen molar-refractivity contribution in [3.8, 4) is 11.5 Å². The minimum Gasteiger partial charge on any atom is -0.504 e. The highest BCUT2D eigenvalue weighted by atomic mass is 16.5. The number of benzene rings is 1. The molecule has 14 heavy (non-hydrogen) atoms. The molecule has 0 aliphatic rings. The lowest BCUT2D eigenvalue weighted by molar-refractivity contribution is 0.264. The summed E-state index contributed by atoms with van der Waals surface area (Å²) in [6.07, 6.45) is 0. The minimum absolute atomic E-state index is 0.0244. The maximum Gasteiger partial charge on any atom is 0.164 e. The van der Waals surface area contributed by atoms with Crippen molar-refractivity contribution in [1.29, 1.82) is 0 Å². The summed E-state index contributed by atoms with van der Waals surface area (Å²) in [5.74, 6) is 0.588. The number of hydrogen-bond acceptors (Lipinski definition) is 3. The van der Waals surface area contributed by atoms with Gasteiger partial charge in [-0.25, -0.2) is 0 Å². The van der Waals surface area contributed by atoms with Crippen LogP contribution in [0.4, 0.5) is 0 Å². The van der Waals surface area contributed by atoms with Gasteiger partial charge in [-0.2, -0.15) is 0 Å². The molecule has 0 spiro atoms. The lowest BCUT2D eigenvalue weighted by Crippen LogP contribution is -2.03. The van der Waals surface area contributed by atoms with Crippen LogP contribution >= 0.6 is 0 Å². The molecular weight excluding hydrogens is 180 g/mol. The summed E-state index contributed by atoms with van der Waals surface area (Å²) >= 11 is 0. The highest BCUT2D eigenvalue weighted by molar-refractivity contribution is 5.47. The number of phenolic OH excluding ortho intramolecular Hbond substituents is 1. The van der Waals surface area contributed by atoms with E-state index in [2.05, 4.69) is 0 Å². The first-order chi connectivity index (χ1) is 6.70. The van der Waals surface area contributed by atoms with Crippen molar-refractivity contribution in [3.63, 3.8) is 0 Å². The van der Waals surface area contributed by atoms with Gasteiger partial charge in [0.2, 0.25) is 0 Å². The van der Waals surface area contributed by atoms with Gasteiger partial charge in [-0.15, -0.1) is 0 Å². The molecule has 0 aliphatic carbocycles. The number of ether oxygens (including phenoxy) is 1. The lowest BCUT2D eigenvalue weighted by Gasteiger charge is -2.15. The van der Waals surface area contributed by atoms with Crippen LogP contribution in [0.1, 0.15) is 25.3 Å². The van der Waals surface area contributed by atoms with Crippen LogP contribution < -0.4 is 4.74 Å². The SMILES string of the molecule is CCOc1c(O)cccc1C(C)CO. The van der Waals surface area contributed by atoms with E-state index in [1.54, 1.807) is 12.1 Å². The molecule has 78 valence electrons. The lowest BCUT2D eigenvalue weighted by atomic mass is 10.0. The number of aromatic hydroxyl groups is 1. The van der Waals surface area contributed by atoms with Crippen LogP contribution in [0.3, 0.4) is 0 Å².